The van der Waals surface area contributed by atoms with Crippen molar-refractivity contribution < 1.29 is 23.7 Å². The first-order valence-electron chi connectivity index (χ1n) is 11.2. The highest BCUT2D eigenvalue weighted by atomic mass is 35.5. The van der Waals surface area contributed by atoms with Crippen LogP contribution in [0.1, 0.15) is 15.9 Å². The fourth-order valence-electron chi connectivity index (χ4n) is 3.76. The lowest BCUT2D eigenvalue weighted by Crippen LogP contribution is -2.34. The Morgan fingerprint density at radius 1 is 1.23 bits per heavy atom. The molecular weight excluding hydrogens is 470 g/mol. The SMILES string of the molecule is CN(C)/C=C/C(=O)c1ccc(OCC2COC(Cn3ccnc3)(c3ccccc3OCCl)O2)cc1. The molecule has 2 unspecified atom stereocenters. The number of alkyl halides is 1. The Labute approximate surface area is 209 Å². The molecule has 1 aliphatic heterocycles. The molecule has 2 aromatic carbocycles. The maximum atomic E-state index is 12.2. The van der Waals surface area contributed by atoms with Crippen LogP contribution in [0.3, 0.4) is 0 Å². The van der Waals surface area contributed by atoms with Crippen LogP contribution in [0.5, 0.6) is 11.5 Å². The minimum atomic E-state index is -1.09. The number of ether oxygens (including phenoxy) is 4. The molecule has 2 heterocycles. The number of aromatic nitrogens is 2. The molecule has 0 N–H and O–H groups in total. The van der Waals surface area contributed by atoms with Gasteiger partial charge in [-0.1, -0.05) is 23.7 Å². The summed E-state index contributed by atoms with van der Waals surface area (Å²) in [7, 11) is 3.73. The third-order valence-corrected chi connectivity index (χ3v) is 5.52. The van der Waals surface area contributed by atoms with E-state index in [1.807, 2.05) is 54.0 Å². The van der Waals surface area contributed by atoms with Crippen LogP contribution in [0, 0.1) is 0 Å². The first-order valence-corrected chi connectivity index (χ1v) is 11.7. The zero-order chi connectivity index (χ0) is 24.7. The van der Waals surface area contributed by atoms with E-state index >= 15 is 0 Å². The molecule has 0 radical (unpaired) electrons. The minimum Gasteiger partial charge on any atom is -0.491 e. The molecule has 184 valence electrons. The van der Waals surface area contributed by atoms with Gasteiger partial charge in [-0.05, 0) is 36.4 Å². The molecule has 8 nitrogen and oxygen atoms in total. The maximum Gasteiger partial charge on any atom is 0.217 e. The molecule has 1 fully saturated rings. The zero-order valence-electron chi connectivity index (χ0n) is 19.7. The summed E-state index contributed by atoms with van der Waals surface area (Å²) in [5.41, 5.74) is 1.33. The number of benzene rings is 2. The Morgan fingerprint density at radius 3 is 2.74 bits per heavy atom. The lowest BCUT2D eigenvalue weighted by atomic mass is 10.0. The molecule has 4 rings (SSSR count). The van der Waals surface area contributed by atoms with E-state index in [4.69, 9.17) is 30.5 Å². The number of halogens is 1. The van der Waals surface area contributed by atoms with Gasteiger partial charge in [0.2, 0.25) is 5.79 Å². The standard InChI is InChI=1S/C26H28ClN3O5/c1-29(2)13-11-24(31)20-7-9-21(10-8-20)32-15-22-16-34-26(35-22,17-30-14-12-28-19-30)23-5-3-4-6-25(23)33-18-27/h3-14,19,22H,15-18H2,1-2H3/b13-11+. The van der Waals surface area contributed by atoms with Crippen molar-refractivity contribution in [2.24, 2.45) is 0 Å². The van der Waals surface area contributed by atoms with Crippen molar-refractivity contribution in [1.29, 1.82) is 0 Å². The van der Waals surface area contributed by atoms with Gasteiger partial charge in [-0.25, -0.2) is 4.98 Å². The van der Waals surface area contributed by atoms with E-state index in [1.54, 1.807) is 43.0 Å². The van der Waals surface area contributed by atoms with E-state index < -0.39 is 5.79 Å². The molecule has 35 heavy (non-hydrogen) atoms. The number of hydrogen-bond donors (Lipinski definition) is 0. The Kier molecular flexibility index (Phi) is 8.07. The number of imidazole rings is 1. The van der Waals surface area contributed by atoms with Crippen LogP contribution in [0.2, 0.25) is 0 Å². The van der Waals surface area contributed by atoms with Gasteiger partial charge in [0.15, 0.2) is 11.8 Å². The van der Waals surface area contributed by atoms with Gasteiger partial charge in [0.05, 0.1) is 25.0 Å². The Morgan fingerprint density at radius 2 is 2.03 bits per heavy atom. The highest BCUT2D eigenvalue weighted by Crippen LogP contribution is 2.41. The third kappa shape index (κ3) is 6.22. The summed E-state index contributed by atoms with van der Waals surface area (Å²) in [4.78, 5) is 18.2. The maximum absolute atomic E-state index is 12.2. The molecule has 9 heteroatoms. The predicted molar refractivity (Wildman–Crippen MR) is 132 cm³/mol. The number of carbonyl (C=O) groups excluding carboxylic acids is 1. The van der Waals surface area contributed by atoms with Gasteiger partial charge in [-0.2, -0.15) is 0 Å². The number of para-hydroxylation sites is 1. The molecule has 0 spiro atoms. The van der Waals surface area contributed by atoms with E-state index in [9.17, 15) is 4.79 Å². The van der Waals surface area contributed by atoms with Gasteiger partial charge < -0.3 is 28.4 Å². The van der Waals surface area contributed by atoms with Crippen LogP contribution < -0.4 is 9.47 Å². The number of rotatable bonds is 11. The van der Waals surface area contributed by atoms with Crippen molar-refractivity contribution in [3.05, 3.63) is 90.7 Å². The second kappa shape index (κ2) is 11.4. The van der Waals surface area contributed by atoms with Crippen molar-refractivity contribution in [1.82, 2.24) is 14.5 Å². The van der Waals surface area contributed by atoms with Gasteiger partial charge in [0.1, 0.15) is 24.2 Å². The summed E-state index contributed by atoms with van der Waals surface area (Å²) in [5.74, 6) is 0.0688. The molecule has 0 bridgehead atoms. The lowest BCUT2D eigenvalue weighted by molar-refractivity contribution is -0.190. The number of hydrogen-bond acceptors (Lipinski definition) is 7. The van der Waals surface area contributed by atoms with Crippen molar-refractivity contribution in [3.8, 4) is 11.5 Å². The summed E-state index contributed by atoms with van der Waals surface area (Å²) in [5, 5.41) is 0. The average molecular weight is 498 g/mol. The normalized spacial score (nSPS) is 19.7. The molecule has 1 aliphatic rings. The molecular formula is C26H28ClN3O5. The molecule has 2 atom stereocenters. The van der Waals surface area contributed by atoms with Crippen LogP contribution in [0.25, 0.3) is 0 Å². The van der Waals surface area contributed by atoms with E-state index in [2.05, 4.69) is 4.98 Å². The third-order valence-electron chi connectivity index (χ3n) is 5.42. The second-order valence-corrected chi connectivity index (χ2v) is 8.49. The van der Waals surface area contributed by atoms with Crippen LogP contribution in [-0.2, 0) is 21.8 Å². The summed E-state index contributed by atoms with van der Waals surface area (Å²) >= 11 is 5.85. The number of allylic oxidation sites excluding steroid dienone is 1. The average Bonchev–Trinajstić information content (AvgIpc) is 3.53. The predicted octanol–water partition coefficient (Wildman–Crippen LogP) is 4.06. The Hall–Kier alpha value is -3.33. The molecule has 3 aromatic rings. The second-order valence-electron chi connectivity index (χ2n) is 8.27. The number of carbonyl (C=O) groups is 1. The lowest BCUT2D eigenvalue weighted by Gasteiger charge is -2.30. The quantitative estimate of drug-likeness (QED) is 0.224. The monoisotopic (exact) mass is 497 g/mol. The van der Waals surface area contributed by atoms with Gasteiger partial charge in [0, 0.05) is 44.3 Å². The first-order chi connectivity index (χ1) is 17.0. The van der Waals surface area contributed by atoms with Gasteiger partial charge in [-0.15, -0.1) is 0 Å². The summed E-state index contributed by atoms with van der Waals surface area (Å²) < 4.78 is 26.2. The molecule has 0 amide bonds. The zero-order valence-corrected chi connectivity index (χ0v) is 20.4. The van der Waals surface area contributed by atoms with Gasteiger partial charge >= 0.3 is 0 Å². The van der Waals surface area contributed by atoms with E-state index in [1.165, 1.54) is 6.08 Å². The van der Waals surface area contributed by atoms with Gasteiger partial charge in [-0.3, -0.25) is 4.79 Å². The largest absolute Gasteiger partial charge is 0.491 e. The first kappa shape index (κ1) is 24.8. The van der Waals surface area contributed by atoms with Crippen LogP contribution >= 0.6 is 11.6 Å². The summed E-state index contributed by atoms with van der Waals surface area (Å²) in [6.45, 7) is 0.983. The van der Waals surface area contributed by atoms with Crippen molar-refractivity contribution in [2.75, 3.05) is 33.4 Å². The number of nitrogens with zero attached hydrogens (tertiary/aromatic N) is 3. The van der Waals surface area contributed by atoms with Crippen LogP contribution in [0.15, 0.2) is 79.5 Å². The summed E-state index contributed by atoms with van der Waals surface area (Å²) in [6, 6.07) is 14.6. The smallest absolute Gasteiger partial charge is 0.217 e. The van der Waals surface area contributed by atoms with E-state index in [0.717, 1.165) is 5.56 Å². The van der Waals surface area contributed by atoms with E-state index in [-0.39, 0.29) is 24.6 Å². The highest BCUT2D eigenvalue weighted by Gasteiger charge is 2.45. The van der Waals surface area contributed by atoms with Crippen molar-refractivity contribution >= 4 is 17.4 Å². The Balaban J connectivity index is 1.45. The number of ketones is 1. The minimum absolute atomic E-state index is 0.00808. The molecule has 1 saturated heterocycles. The molecule has 1 aromatic heterocycles. The van der Waals surface area contributed by atoms with Crippen molar-refractivity contribution in [2.45, 2.75) is 18.4 Å². The highest BCUT2D eigenvalue weighted by molar-refractivity contribution is 6.17. The molecule has 0 saturated carbocycles. The van der Waals surface area contributed by atoms with Gasteiger partial charge in [0.25, 0.3) is 0 Å². The van der Waals surface area contributed by atoms with E-state index in [0.29, 0.717) is 30.2 Å². The fraction of sp³-hybridized carbons (Fsp3) is 0.308. The van der Waals surface area contributed by atoms with Crippen LogP contribution in [0.4, 0.5) is 0 Å². The topological polar surface area (TPSA) is 75.1 Å². The van der Waals surface area contributed by atoms with Crippen LogP contribution in [-0.4, -0.2) is 59.7 Å². The fourth-order valence-corrected chi connectivity index (χ4v) is 3.88. The Bertz CT molecular complexity index is 1130. The van der Waals surface area contributed by atoms with Crippen molar-refractivity contribution in [3.63, 3.8) is 0 Å². The molecule has 0 aliphatic carbocycles. The summed E-state index contributed by atoms with van der Waals surface area (Å²) in [6.07, 6.45) is 8.18.